The van der Waals surface area contributed by atoms with Gasteiger partial charge in [0.05, 0.1) is 17.0 Å². The van der Waals surface area contributed by atoms with Gasteiger partial charge in [0.2, 0.25) is 5.91 Å². The Bertz CT molecular complexity index is 1260. The second-order valence-corrected chi connectivity index (χ2v) is 7.87. The molecule has 0 aliphatic carbocycles. The van der Waals surface area contributed by atoms with Crippen LogP contribution in [0.25, 0.3) is 16.7 Å². The van der Waals surface area contributed by atoms with Crippen LogP contribution < -0.4 is 10.9 Å². The molecule has 4 rings (SSSR count). The van der Waals surface area contributed by atoms with Gasteiger partial charge >= 0.3 is 0 Å². The maximum atomic E-state index is 13.2. The number of rotatable bonds is 6. The molecule has 0 saturated heterocycles. The molecule has 2 aromatic heterocycles. The smallest absolute Gasteiger partial charge is 0.283 e. The summed E-state index contributed by atoms with van der Waals surface area (Å²) in [4.78, 5) is 33.5. The van der Waals surface area contributed by atoms with Gasteiger partial charge in [-0.25, -0.2) is 4.98 Å². The van der Waals surface area contributed by atoms with Gasteiger partial charge < -0.3 is 10.3 Å². The van der Waals surface area contributed by atoms with E-state index < -0.39 is 0 Å². The first-order valence-electron chi connectivity index (χ1n) is 9.75. The van der Waals surface area contributed by atoms with Crippen LogP contribution in [-0.2, 0) is 11.2 Å². The van der Waals surface area contributed by atoms with Crippen molar-refractivity contribution in [3.05, 3.63) is 82.3 Å². The molecule has 0 atom stereocenters. The second-order valence-electron chi connectivity index (χ2n) is 6.93. The van der Waals surface area contributed by atoms with E-state index in [4.69, 9.17) is 0 Å². The van der Waals surface area contributed by atoms with Crippen molar-refractivity contribution in [3.8, 4) is 5.69 Å². The normalized spacial score (nSPS) is 11.0. The van der Waals surface area contributed by atoms with Crippen LogP contribution in [0.2, 0.25) is 0 Å². The van der Waals surface area contributed by atoms with E-state index in [0.717, 1.165) is 23.4 Å². The number of carbonyl (C=O) groups is 1. The topological polar surface area (TPSA) is 79.8 Å². The van der Waals surface area contributed by atoms with Gasteiger partial charge in [-0.05, 0) is 43.2 Å². The minimum absolute atomic E-state index is 0.139. The number of aromatic amines is 1. The van der Waals surface area contributed by atoms with Crippen LogP contribution >= 0.6 is 11.8 Å². The van der Waals surface area contributed by atoms with Crippen LogP contribution in [0.3, 0.4) is 0 Å². The van der Waals surface area contributed by atoms with Crippen molar-refractivity contribution in [1.82, 2.24) is 14.5 Å². The number of anilines is 1. The first-order valence-corrected chi connectivity index (χ1v) is 10.7. The summed E-state index contributed by atoms with van der Waals surface area (Å²) in [5, 5.41) is 3.45. The molecule has 0 aliphatic heterocycles. The predicted octanol–water partition coefficient (Wildman–Crippen LogP) is 4.32. The number of aryl methyl sites for hydroxylation is 2. The number of fused-ring (bicyclic) bond motifs is 1. The lowest BCUT2D eigenvalue weighted by Crippen LogP contribution is -2.23. The van der Waals surface area contributed by atoms with E-state index in [1.807, 2.05) is 67.6 Å². The van der Waals surface area contributed by atoms with E-state index in [1.165, 1.54) is 11.8 Å². The van der Waals surface area contributed by atoms with Crippen molar-refractivity contribution in [3.63, 3.8) is 0 Å². The fourth-order valence-corrected chi connectivity index (χ4v) is 4.16. The van der Waals surface area contributed by atoms with Gasteiger partial charge in [0.15, 0.2) is 5.16 Å². The third kappa shape index (κ3) is 4.02. The highest BCUT2D eigenvalue weighted by molar-refractivity contribution is 7.99. The van der Waals surface area contributed by atoms with Gasteiger partial charge in [-0.3, -0.25) is 14.2 Å². The zero-order valence-corrected chi connectivity index (χ0v) is 17.6. The van der Waals surface area contributed by atoms with Crippen LogP contribution in [0.4, 0.5) is 5.69 Å². The lowest BCUT2D eigenvalue weighted by Gasteiger charge is -2.13. The number of amides is 1. The summed E-state index contributed by atoms with van der Waals surface area (Å²) in [6.07, 6.45) is 0.836. The third-order valence-electron chi connectivity index (χ3n) is 4.77. The van der Waals surface area contributed by atoms with Crippen LogP contribution in [0, 0.1) is 6.92 Å². The van der Waals surface area contributed by atoms with Crippen molar-refractivity contribution < 1.29 is 4.79 Å². The second kappa shape index (κ2) is 8.59. The minimum Gasteiger partial charge on any atom is -0.353 e. The Kier molecular flexibility index (Phi) is 5.72. The standard InChI is InChI=1S/C23H22N4O2S/c1-3-16-9-7-8-12-18(16)25-20(28)14-30-23-26-19-13-15(2)24-21(19)22(29)27(23)17-10-5-4-6-11-17/h4-13,24H,3,14H2,1-2H3,(H,25,28). The van der Waals surface area contributed by atoms with Crippen molar-refractivity contribution in [1.29, 1.82) is 0 Å². The highest BCUT2D eigenvalue weighted by Gasteiger charge is 2.16. The van der Waals surface area contributed by atoms with E-state index >= 15 is 0 Å². The largest absolute Gasteiger partial charge is 0.353 e. The quantitative estimate of drug-likeness (QED) is 0.361. The summed E-state index contributed by atoms with van der Waals surface area (Å²) in [6.45, 7) is 3.94. The van der Waals surface area contributed by atoms with Gasteiger partial charge in [-0.15, -0.1) is 0 Å². The Hall–Kier alpha value is -3.32. The minimum atomic E-state index is -0.182. The Labute approximate surface area is 178 Å². The molecule has 30 heavy (non-hydrogen) atoms. The molecule has 7 heteroatoms. The summed E-state index contributed by atoms with van der Waals surface area (Å²) in [5.41, 5.74) is 4.35. The van der Waals surface area contributed by atoms with E-state index in [1.54, 1.807) is 4.57 Å². The number of nitrogens with one attached hydrogen (secondary N) is 2. The molecule has 2 heterocycles. The molecule has 6 nitrogen and oxygen atoms in total. The Morgan fingerprint density at radius 1 is 1.13 bits per heavy atom. The summed E-state index contributed by atoms with van der Waals surface area (Å²) in [5.74, 6) is 0.00628. The van der Waals surface area contributed by atoms with Gasteiger partial charge in [-0.2, -0.15) is 0 Å². The molecule has 0 radical (unpaired) electrons. The van der Waals surface area contributed by atoms with Gasteiger partial charge in [0, 0.05) is 11.4 Å². The van der Waals surface area contributed by atoms with Crippen LogP contribution in [0.15, 0.2) is 70.6 Å². The zero-order valence-electron chi connectivity index (χ0n) is 16.8. The number of benzene rings is 2. The molecule has 0 bridgehead atoms. The van der Waals surface area contributed by atoms with Crippen molar-refractivity contribution in [2.75, 3.05) is 11.1 Å². The number of thioether (sulfide) groups is 1. The average molecular weight is 419 g/mol. The molecule has 2 N–H and O–H groups in total. The summed E-state index contributed by atoms with van der Waals surface area (Å²) in [6, 6.07) is 18.9. The fourth-order valence-electron chi connectivity index (χ4n) is 3.35. The number of para-hydroxylation sites is 2. The first kappa shape index (κ1) is 20.0. The molecule has 0 spiro atoms. The lowest BCUT2D eigenvalue weighted by molar-refractivity contribution is -0.113. The molecule has 4 aromatic rings. The van der Waals surface area contributed by atoms with Crippen LogP contribution in [-0.4, -0.2) is 26.2 Å². The van der Waals surface area contributed by atoms with Crippen LogP contribution in [0.5, 0.6) is 0 Å². The maximum absolute atomic E-state index is 13.2. The number of H-pyrrole nitrogens is 1. The number of hydrogen-bond acceptors (Lipinski definition) is 4. The fraction of sp³-hybridized carbons (Fsp3) is 0.174. The predicted molar refractivity (Wildman–Crippen MR) is 122 cm³/mol. The maximum Gasteiger partial charge on any atom is 0.283 e. The van der Waals surface area contributed by atoms with Crippen molar-refractivity contribution in [2.24, 2.45) is 0 Å². The van der Waals surface area contributed by atoms with Crippen molar-refractivity contribution in [2.45, 2.75) is 25.4 Å². The molecule has 152 valence electrons. The van der Waals surface area contributed by atoms with Gasteiger partial charge in [0.1, 0.15) is 5.52 Å². The van der Waals surface area contributed by atoms with Gasteiger partial charge in [0.25, 0.3) is 5.56 Å². The van der Waals surface area contributed by atoms with E-state index in [9.17, 15) is 9.59 Å². The molecule has 0 fully saturated rings. The molecular formula is C23H22N4O2S. The monoisotopic (exact) mass is 418 g/mol. The number of carbonyl (C=O) groups excluding carboxylic acids is 1. The first-order chi connectivity index (χ1) is 14.6. The molecule has 0 unspecified atom stereocenters. The highest BCUT2D eigenvalue weighted by Crippen LogP contribution is 2.22. The van der Waals surface area contributed by atoms with E-state index in [2.05, 4.69) is 22.2 Å². The van der Waals surface area contributed by atoms with Crippen LogP contribution in [0.1, 0.15) is 18.2 Å². The third-order valence-corrected chi connectivity index (χ3v) is 5.71. The number of hydrogen-bond donors (Lipinski definition) is 2. The lowest BCUT2D eigenvalue weighted by atomic mass is 10.1. The molecule has 2 aromatic carbocycles. The van der Waals surface area contributed by atoms with Crippen molar-refractivity contribution >= 4 is 34.4 Å². The molecular weight excluding hydrogens is 396 g/mol. The highest BCUT2D eigenvalue weighted by atomic mass is 32.2. The average Bonchev–Trinajstić information content (AvgIpc) is 3.14. The summed E-state index contributed by atoms with van der Waals surface area (Å²) >= 11 is 1.25. The Morgan fingerprint density at radius 3 is 2.63 bits per heavy atom. The Morgan fingerprint density at radius 2 is 1.87 bits per heavy atom. The van der Waals surface area contributed by atoms with E-state index in [0.29, 0.717) is 21.9 Å². The number of nitrogens with zero attached hydrogens (tertiary/aromatic N) is 2. The SMILES string of the molecule is CCc1ccccc1NC(=O)CSc1nc2cc(C)[nH]c2c(=O)n1-c1ccccc1. The number of aromatic nitrogens is 3. The molecule has 0 aliphatic rings. The van der Waals surface area contributed by atoms with E-state index in [-0.39, 0.29) is 17.2 Å². The zero-order chi connectivity index (χ0) is 21.1. The van der Waals surface area contributed by atoms with Gasteiger partial charge in [-0.1, -0.05) is 55.1 Å². The molecule has 0 saturated carbocycles. The summed E-state index contributed by atoms with van der Waals surface area (Å²) in [7, 11) is 0. The molecule has 1 amide bonds. The Balaban J connectivity index is 1.65. The summed E-state index contributed by atoms with van der Waals surface area (Å²) < 4.78 is 1.55.